The highest BCUT2D eigenvalue weighted by Crippen LogP contribution is 2.29. The molecule has 3 aromatic rings. The summed E-state index contributed by atoms with van der Waals surface area (Å²) in [4.78, 5) is 12.4. The lowest BCUT2D eigenvalue weighted by atomic mass is 10.1. The largest absolute Gasteiger partial charge is 0.416 e. The summed E-state index contributed by atoms with van der Waals surface area (Å²) in [5.74, 6) is -0.629. The number of nitrogens with one attached hydrogen (secondary N) is 1. The Hall–Kier alpha value is -3.60. The van der Waals surface area contributed by atoms with Gasteiger partial charge >= 0.3 is 6.18 Å². The molecule has 3 rings (SSSR count). The van der Waals surface area contributed by atoms with Crippen molar-refractivity contribution in [2.45, 2.75) is 12.7 Å². The third-order valence-electron chi connectivity index (χ3n) is 3.82. The Morgan fingerprint density at radius 1 is 1.15 bits per heavy atom. The highest BCUT2D eigenvalue weighted by atomic mass is 19.4. The summed E-state index contributed by atoms with van der Waals surface area (Å²) in [6.45, 7) is 0.292. The molecule has 0 aliphatic carbocycles. The van der Waals surface area contributed by atoms with E-state index in [1.807, 2.05) is 36.4 Å². The molecule has 0 fully saturated rings. The number of aromatic nitrogens is 2. The summed E-state index contributed by atoms with van der Waals surface area (Å²) in [5.41, 5.74) is -0.0828. The molecule has 1 heterocycles. The zero-order valence-electron chi connectivity index (χ0n) is 13.9. The van der Waals surface area contributed by atoms with Crippen LogP contribution in [0.3, 0.4) is 0 Å². The van der Waals surface area contributed by atoms with E-state index in [1.165, 1.54) is 16.9 Å². The second-order valence-electron chi connectivity index (χ2n) is 5.69. The van der Waals surface area contributed by atoms with Gasteiger partial charge in [0.1, 0.15) is 17.5 Å². The van der Waals surface area contributed by atoms with Gasteiger partial charge in [0.05, 0.1) is 18.3 Å². The first-order valence-electron chi connectivity index (χ1n) is 7.87. The molecule has 0 bridgehead atoms. The van der Waals surface area contributed by atoms with Crippen molar-refractivity contribution in [3.8, 4) is 6.07 Å². The molecular formula is C19H13F3N4O. The lowest BCUT2D eigenvalue weighted by Gasteiger charge is -2.11. The van der Waals surface area contributed by atoms with E-state index in [0.29, 0.717) is 6.54 Å². The van der Waals surface area contributed by atoms with E-state index in [1.54, 1.807) is 0 Å². The maximum absolute atomic E-state index is 12.8. The van der Waals surface area contributed by atoms with Crippen LogP contribution in [-0.2, 0) is 12.7 Å². The highest BCUT2D eigenvalue weighted by molar-refractivity contribution is 6.04. The molecule has 0 spiro atoms. The first kappa shape index (κ1) is 18.2. The molecular weight excluding hydrogens is 357 g/mol. The fourth-order valence-corrected chi connectivity index (χ4v) is 2.49. The number of amides is 1. The lowest BCUT2D eigenvalue weighted by molar-refractivity contribution is -0.137. The van der Waals surface area contributed by atoms with Gasteiger partial charge in [-0.2, -0.15) is 23.5 Å². The van der Waals surface area contributed by atoms with Gasteiger partial charge in [-0.25, -0.2) is 4.68 Å². The number of benzene rings is 2. The topological polar surface area (TPSA) is 70.7 Å². The van der Waals surface area contributed by atoms with Crippen LogP contribution in [0.25, 0.3) is 0 Å². The van der Waals surface area contributed by atoms with Gasteiger partial charge in [-0.05, 0) is 23.8 Å². The minimum absolute atomic E-state index is 0.117. The van der Waals surface area contributed by atoms with Crippen molar-refractivity contribution in [1.29, 1.82) is 5.26 Å². The van der Waals surface area contributed by atoms with E-state index >= 15 is 0 Å². The second kappa shape index (κ2) is 7.33. The zero-order valence-corrected chi connectivity index (χ0v) is 13.9. The van der Waals surface area contributed by atoms with Crippen LogP contribution in [0.15, 0.2) is 60.8 Å². The number of hydrogen-bond donors (Lipinski definition) is 1. The van der Waals surface area contributed by atoms with E-state index in [0.717, 1.165) is 23.8 Å². The summed E-state index contributed by atoms with van der Waals surface area (Å²) in [6, 6.07) is 15.2. The third kappa shape index (κ3) is 4.15. The highest BCUT2D eigenvalue weighted by Gasteiger charge is 2.31. The van der Waals surface area contributed by atoms with Gasteiger partial charge in [0, 0.05) is 5.56 Å². The average Bonchev–Trinajstić information content (AvgIpc) is 3.03. The smallest absolute Gasteiger partial charge is 0.306 e. The fraction of sp³-hybridized carbons (Fsp3) is 0.105. The number of hydrogen-bond acceptors (Lipinski definition) is 3. The summed E-state index contributed by atoms with van der Waals surface area (Å²) in [5, 5.41) is 15.8. The fourth-order valence-electron chi connectivity index (χ4n) is 2.49. The Kier molecular flexibility index (Phi) is 4.94. The van der Waals surface area contributed by atoms with E-state index < -0.39 is 17.6 Å². The van der Waals surface area contributed by atoms with Crippen LogP contribution in [0.5, 0.6) is 0 Å². The Morgan fingerprint density at radius 3 is 2.56 bits per heavy atom. The van der Waals surface area contributed by atoms with Crippen LogP contribution in [0.2, 0.25) is 0 Å². The van der Waals surface area contributed by atoms with Crippen molar-refractivity contribution in [1.82, 2.24) is 9.78 Å². The van der Waals surface area contributed by atoms with E-state index in [-0.39, 0.29) is 16.9 Å². The van der Waals surface area contributed by atoms with E-state index in [4.69, 9.17) is 0 Å². The van der Waals surface area contributed by atoms with E-state index in [2.05, 4.69) is 10.4 Å². The van der Waals surface area contributed by atoms with Crippen molar-refractivity contribution >= 4 is 11.7 Å². The van der Waals surface area contributed by atoms with Crippen LogP contribution in [0.4, 0.5) is 19.0 Å². The minimum Gasteiger partial charge on any atom is -0.306 e. The minimum atomic E-state index is -4.55. The molecule has 0 radical (unpaired) electrons. The van der Waals surface area contributed by atoms with Crippen molar-refractivity contribution in [3.63, 3.8) is 0 Å². The summed E-state index contributed by atoms with van der Waals surface area (Å²) in [6.07, 6.45) is -3.26. The first-order valence-corrected chi connectivity index (χ1v) is 7.87. The molecule has 0 aliphatic rings. The van der Waals surface area contributed by atoms with Gasteiger partial charge in [-0.15, -0.1) is 0 Å². The van der Waals surface area contributed by atoms with Crippen LogP contribution < -0.4 is 5.32 Å². The van der Waals surface area contributed by atoms with Gasteiger partial charge in [0.25, 0.3) is 5.91 Å². The predicted octanol–water partition coefficient (Wildman–Crippen LogP) is 4.07. The predicted molar refractivity (Wildman–Crippen MR) is 91.9 cm³/mol. The average molecular weight is 370 g/mol. The molecule has 27 heavy (non-hydrogen) atoms. The van der Waals surface area contributed by atoms with Crippen molar-refractivity contribution in [3.05, 3.63) is 83.0 Å². The summed E-state index contributed by atoms with van der Waals surface area (Å²) in [7, 11) is 0. The zero-order chi connectivity index (χ0) is 19.4. The van der Waals surface area contributed by atoms with Crippen LogP contribution in [-0.4, -0.2) is 15.7 Å². The van der Waals surface area contributed by atoms with Crippen molar-refractivity contribution < 1.29 is 18.0 Å². The van der Waals surface area contributed by atoms with Gasteiger partial charge in [0.2, 0.25) is 0 Å². The van der Waals surface area contributed by atoms with Gasteiger partial charge < -0.3 is 5.32 Å². The molecule has 0 aliphatic heterocycles. The molecule has 1 amide bonds. The number of nitriles is 1. The van der Waals surface area contributed by atoms with Crippen LogP contribution in [0.1, 0.15) is 27.0 Å². The summed E-state index contributed by atoms with van der Waals surface area (Å²) < 4.78 is 40.0. The first-order chi connectivity index (χ1) is 12.9. The number of halogens is 3. The van der Waals surface area contributed by atoms with Crippen LogP contribution in [0, 0.1) is 11.3 Å². The lowest BCUT2D eigenvalue weighted by Crippen LogP contribution is -2.18. The maximum atomic E-state index is 12.8. The molecule has 5 nitrogen and oxygen atoms in total. The molecule has 0 saturated heterocycles. The van der Waals surface area contributed by atoms with Crippen molar-refractivity contribution in [2.75, 3.05) is 5.32 Å². The quantitative estimate of drug-likeness (QED) is 0.752. The SMILES string of the molecule is N#Cc1cnn(Cc2ccccc2)c1NC(=O)c1cccc(C(F)(F)F)c1. The van der Waals surface area contributed by atoms with Gasteiger partial charge in [-0.3, -0.25) is 4.79 Å². The van der Waals surface area contributed by atoms with Crippen molar-refractivity contribution in [2.24, 2.45) is 0 Å². The normalized spacial score (nSPS) is 11.0. The molecule has 0 atom stereocenters. The monoisotopic (exact) mass is 370 g/mol. The third-order valence-corrected chi connectivity index (χ3v) is 3.82. The molecule has 2 aromatic carbocycles. The number of carbonyl (C=O) groups is 1. The Morgan fingerprint density at radius 2 is 1.89 bits per heavy atom. The Labute approximate surface area is 152 Å². The Balaban J connectivity index is 1.88. The number of rotatable bonds is 4. The standard InChI is InChI=1S/C19H13F3N4O/c20-19(21,22)16-8-4-7-14(9-16)18(27)25-17-15(10-23)11-24-26(17)12-13-5-2-1-3-6-13/h1-9,11H,12H2,(H,25,27). The molecule has 1 aromatic heterocycles. The number of anilines is 1. The number of nitrogens with zero attached hydrogens (tertiary/aromatic N) is 3. The number of carbonyl (C=O) groups excluding carboxylic acids is 1. The Bertz CT molecular complexity index is 1000. The second-order valence-corrected chi connectivity index (χ2v) is 5.69. The van der Waals surface area contributed by atoms with E-state index in [9.17, 15) is 23.2 Å². The molecule has 8 heteroatoms. The molecule has 1 N–H and O–H groups in total. The van der Waals surface area contributed by atoms with Gasteiger partial charge in [0.15, 0.2) is 0 Å². The maximum Gasteiger partial charge on any atom is 0.416 e. The molecule has 0 unspecified atom stereocenters. The van der Waals surface area contributed by atoms with Gasteiger partial charge in [-0.1, -0.05) is 36.4 Å². The molecule has 0 saturated carbocycles. The van der Waals surface area contributed by atoms with Crippen LogP contribution >= 0.6 is 0 Å². The number of alkyl halides is 3. The molecule has 136 valence electrons. The summed E-state index contributed by atoms with van der Waals surface area (Å²) >= 11 is 0.